The molecular formula is C23H29NO5. The molecular weight excluding hydrogens is 370 g/mol. The molecule has 2 aromatic rings. The molecule has 1 heterocycles. The lowest BCUT2D eigenvalue weighted by Gasteiger charge is -2.47. The van der Waals surface area contributed by atoms with Crippen molar-refractivity contribution in [1.82, 2.24) is 4.90 Å². The predicted octanol–water partition coefficient (Wildman–Crippen LogP) is 3.77. The predicted molar refractivity (Wildman–Crippen MR) is 111 cm³/mol. The fraction of sp³-hybridized carbons (Fsp3) is 0.435. The number of hydrogen-bond acceptors (Lipinski definition) is 5. The van der Waals surface area contributed by atoms with E-state index in [1.807, 2.05) is 54.3 Å². The Kier molecular flexibility index (Phi) is 6.99. The maximum atomic E-state index is 12.9. The second-order valence-electron chi connectivity index (χ2n) is 7.14. The van der Waals surface area contributed by atoms with Crippen molar-refractivity contribution in [3.63, 3.8) is 0 Å². The lowest BCUT2D eigenvalue weighted by atomic mass is 9.89. The Morgan fingerprint density at radius 3 is 2.31 bits per heavy atom. The molecule has 0 saturated carbocycles. The molecule has 2 atom stereocenters. The third kappa shape index (κ3) is 4.65. The van der Waals surface area contributed by atoms with Crippen molar-refractivity contribution < 1.29 is 23.7 Å². The second kappa shape index (κ2) is 9.65. The number of nitrogens with zero attached hydrogens (tertiary/aromatic N) is 1. The number of amides is 1. The molecule has 1 aliphatic rings. The van der Waals surface area contributed by atoms with Gasteiger partial charge in [0.25, 0.3) is 5.91 Å². The van der Waals surface area contributed by atoms with Crippen molar-refractivity contribution in [3.05, 3.63) is 53.6 Å². The number of methoxy groups -OCH3 is 3. The van der Waals surface area contributed by atoms with Crippen LogP contribution in [0.2, 0.25) is 0 Å². The van der Waals surface area contributed by atoms with Crippen LogP contribution in [0.1, 0.15) is 30.0 Å². The summed E-state index contributed by atoms with van der Waals surface area (Å²) in [4.78, 5) is 14.7. The largest absolute Gasteiger partial charge is 0.493 e. The van der Waals surface area contributed by atoms with E-state index in [-0.39, 0.29) is 11.9 Å². The van der Waals surface area contributed by atoms with E-state index < -0.39 is 6.10 Å². The highest BCUT2D eigenvalue weighted by Gasteiger charge is 2.49. The summed E-state index contributed by atoms with van der Waals surface area (Å²) in [7, 11) is 4.90. The number of carbonyl (C=O) groups is 1. The van der Waals surface area contributed by atoms with Crippen LogP contribution in [0, 0.1) is 6.92 Å². The van der Waals surface area contributed by atoms with Crippen molar-refractivity contribution in [2.45, 2.75) is 31.9 Å². The van der Waals surface area contributed by atoms with E-state index in [9.17, 15) is 4.79 Å². The fourth-order valence-corrected chi connectivity index (χ4v) is 3.56. The molecule has 29 heavy (non-hydrogen) atoms. The van der Waals surface area contributed by atoms with E-state index in [4.69, 9.17) is 18.9 Å². The summed E-state index contributed by atoms with van der Waals surface area (Å²) in [6.45, 7) is 3.37. The summed E-state index contributed by atoms with van der Waals surface area (Å²) in [5, 5.41) is 0. The maximum absolute atomic E-state index is 12.9. The summed E-state index contributed by atoms with van der Waals surface area (Å²) in [5.41, 5.74) is 2.11. The number of β-lactam (4-membered cyclic amide) rings is 1. The molecule has 0 aromatic heterocycles. The summed E-state index contributed by atoms with van der Waals surface area (Å²) in [6.07, 6.45) is 1.22. The van der Waals surface area contributed by atoms with Gasteiger partial charge in [-0.1, -0.05) is 23.8 Å². The second-order valence-corrected chi connectivity index (χ2v) is 7.14. The van der Waals surface area contributed by atoms with Gasteiger partial charge >= 0.3 is 0 Å². The minimum absolute atomic E-state index is 0.00257. The van der Waals surface area contributed by atoms with E-state index in [1.165, 1.54) is 0 Å². The highest BCUT2D eigenvalue weighted by atomic mass is 16.5. The van der Waals surface area contributed by atoms with Gasteiger partial charge in [-0.05, 0) is 49.6 Å². The molecule has 0 unspecified atom stereocenters. The highest BCUT2D eigenvalue weighted by molar-refractivity contribution is 5.89. The van der Waals surface area contributed by atoms with Gasteiger partial charge in [0.15, 0.2) is 11.5 Å². The number of ether oxygens (including phenoxy) is 4. The Morgan fingerprint density at radius 1 is 0.931 bits per heavy atom. The molecule has 156 valence electrons. The van der Waals surface area contributed by atoms with Crippen LogP contribution in [-0.2, 0) is 9.53 Å². The minimum atomic E-state index is -0.557. The third-order valence-corrected chi connectivity index (χ3v) is 5.18. The van der Waals surface area contributed by atoms with Crippen molar-refractivity contribution in [3.8, 4) is 17.2 Å². The van der Waals surface area contributed by atoms with Crippen LogP contribution in [0.25, 0.3) is 0 Å². The number of benzene rings is 2. The van der Waals surface area contributed by atoms with E-state index in [1.54, 1.807) is 21.3 Å². The lowest BCUT2D eigenvalue weighted by molar-refractivity contribution is -0.164. The Hall–Kier alpha value is -2.73. The third-order valence-electron chi connectivity index (χ3n) is 5.18. The number of hydrogen-bond donors (Lipinski definition) is 0. The van der Waals surface area contributed by atoms with Crippen LogP contribution < -0.4 is 14.2 Å². The highest BCUT2D eigenvalue weighted by Crippen LogP contribution is 2.41. The van der Waals surface area contributed by atoms with Gasteiger partial charge in [-0.15, -0.1) is 0 Å². The summed E-state index contributed by atoms with van der Waals surface area (Å²) < 4.78 is 22.0. The first-order valence-electron chi connectivity index (χ1n) is 9.83. The van der Waals surface area contributed by atoms with Gasteiger partial charge in [0.1, 0.15) is 11.8 Å². The Balaban J connectivity index is 1.83. The van der Waals surface area contributed by atoms with Crippen molar-refractivity contribution in [2.24, 2.45) is 0 Å². The molecule has 1 amide bonds. The summed E-state index contributed by atoms with van der Waals surface area (Å²) >= 11 is 0. The Bertz CT molecular complexity index is 821. The monoisotopic (exact) mass is 399 g/mol. The zero-order valence-electron chi connectivity index (χ0n) is 17.5. The topological polar surface area (TPSA) is 57.2 Å². The first-order chi connectivity index (χ1) is 14.1. The first kappa shape index (κ1) is 21.0. The van der Waals surface area contributed by atoms with E-state index in [0.29, 0.717) is 30.4 Å². The first-order valence-corrected chi connectivity index (χ1v) is 9.83. The quantitative estimate of drug-likeness (QED) is 0.450. The zero-order chi connectivity index (χ0) is 20.8. The molecule has 0 bridgehead atoms. The lowest BCUT2D eigenvalue weighted by Crippen LogP contribution is -2.61. The van der Waals surface area contributed by atoms with Crippen LogP contribution in [0.4, 0.5) is 0 Å². The van der Waals surface area contributed by atoms with Gasteiger partial charge in [0.05, 0.1) is 14.2 Å². The number of rotatable bonds is 10. The van der Waals surface area contributed by atoms with Crippen molar-refractivity contribution >= 4 is 5.91 Å². The normalized spacial score (nSPS) is 18.3. The minimum Gasteiger partial charge on any atom is -0.493 e. The molecule has 2 aromatic carbocycles. The van der Waals surface area contributed by atoms with Gasteiger partial charge in [0.2, 0.25) is 6.10 Å². The molecule has 6 heteroatoms. The van der Waals surface area contributed by atoms with E-state index in [2.05, 4.69) is 0 Å². The average molecular weight is 399 g/mol. The molecule has 1 fully saturated rings. The molecule has 0 radical (unpaired) electrons. The van der Waals surface area contributed by atoms with Crippen molar-refractivity contribution in [2.75, 3.05) is 34.5 Å². The molecule has 0 N–H and O–H groups in total. The SMILES string of the molecule is COCCCCN1C(=O)[C@@H](Oc2ccc(C)cc2)[C@@H]1c1ccc(OC)c(OC)c1. The zero-order valence-corrected chi connectivity index (χ0v) is 17.5. The van der Waals surface area contributed by atoms with Crippen LogP contribution in [0.15, 0.2) is 42.5 Å². The molecule has 0 spiro atoms. The Morgan fingerprint density at radius 2 is 1.66 bits per heavy atom. The van der Waals surface area contributed by atoms with Gasteiger partial charge in [-0.25, -0.2) is 0 Å². The number of carbonyl (C=O) groups excluding carboxylic acids is 1. The van der Waals surface area contributed by atoms with Crippen LogP contribution in [0.3, 0.4) is 0 Å². The van der Waals surface area contributed by atoms with Gasteiger partial charge < -0.3 is 23.8 Å². The number of aryl methyl sites for hydroxylation is 1. The smallest absolute Gasteiger partial charge is 0.266 e. The van der Waals surface area contributed by atoms with Crippen LogP contribution >= 0.6 is 0 Å². The molecule has 6 nitrogen and oxygen atoms in total. The molecule has 1 aliphatic heterocycles. The van der Waals surface area contributed by atoms with Gasteiger partial charge in [0, 0.05) is 20.3 Å². The number of likely N-dealkylation sites (tertiary alicyclic amines) is 1. The standard InChI is InChI=1S/C23H29NO5/c1-16-7-10-18(11-8-16)29-22-21(24(23(22)25)13-5-6-14-26-2)17-9-12-19(27-3)20(15-17)28-4/h7-12,15,21-22H,5-6,13-14H2,1-4H3/t21-,22-/m0/s1. The molecule has 0 aliphatic carbocycles. The van der Waals surface area contributed by atoms with Crippen molar-refractivity contribution in [1.29, 1.82) is 0 Å². The van der Waals surface area contributed by atoms with Gasteiger partial charge in [-0.3, -0.25) is 4.79 Å². The Labute approximate surface area is 172 Å². The maximum Gasteiger partial charge on any atom is 0.266 e. The van der Waals surface area contributed by atoms with E-state index >= 15 is 0 Å². The summed E-state index contributed by atoms with van der Waals surface area (Å²) in [5.74, 6) is 1.99. The molecule has 1 saturated heterocycles. The van der Waals surface area contributed by atoms with Crippen LogP contribution in [0.5, 0.6) is 17.2 Å². The summed E-state index contributed by atoms with van der Waals surface area (Å²) in [6, 6.07) is 13.3. The average Bonchev–Trinajstić information content (AvgIpc) is 2.75. The fourth-order valence-electron chi connectivity index (χ4n) is 3.56. The molecule has 3 rings (SSSR count). The van der Waals surface area contributed by atoms with E-state index in [0.717, 1.165) is 24.0 Å². The van der Waals surface area contributed by atoms with Gasteiger partial charge in [-0.2, -0.15) is 0 Å². The number of unbranched alkanes of at least 4 members (excludes halogenated alkanes) is 1. The van der Waals surface area contributed by atoms with Crippen LogP contribution in [-0.4, -0.2) is 51.4 Å².